The van der Waals surface area contributed by atoms with Gasteiger partial charge in [0.15, 0.2) is 5.82 Å². The highest BCUT2D eigenvalue weighted by molar-refractivity contribution is 7.90. The molecule has 0 spiro atoms. The summed E-state index contributed by atoms with van der Waals surface area (Å²) in [6.45, 7) is 6.19. The second-order valence-electron chi connectivity index (χ2n) is 7.96. The lowest BCUT2D eigenvalue weighted by molar-refractivity contribution is -0.126. The summed E-state index contributed by atoms with van der Waals surface area (Å²) in [6.07, 6.45) is 2.16. The molecule has 0 bridgehead atoms. The van der Waals surface area contributed by atoms with Gasteiger partial charge in [-0.1, -0.05) is 12.6 Å². The van der Waals surface area contributed by atoms with Crippen LogP contribution in [0.1, 0.15) is 23.0 Å². The van der Waals surface area contributed by atoms with Gasteiger partial charge < -0.3 is 14.9 Å². The van der Waals surface area contributed by atoms with Crippen molar-refractivity contribution in [3.8, 4) is 5.75 Å². The molecule has 0 radical (unpaired) electrons. The number of carbonyl (C=O) groups excluding carboxylic acids is 2. The molecule has 0 aliphatic carbocycles. The molecule has 1 aromatic carbocycles. The van der Waals surface area contributed by atoms with E-state index in [0.717, 1.165) is 17.2 Å². The second-order valence-corrected chi connectivity index (χ2v) is 9.87. The molecule has 1 saturated heterocycles. The lowest BCUT2D eigenvalue weighted by atomic mass is 10.1. The van der Waals surface area contributed by atoms with Gasteiger partial charge in [0, 0.05) is 37.5 Å². The zero-order valence-corrected chi connectivity index (χ0v) is 18.8. The van der Waals surface area contributed by atoms with Gasteiger partial charge in [-0.25, -0.2) is 22.8 Å². The van der Waals surface area contributed by atoms with E-state index in [9.17, 15) is 27.5 Å². The number of benzene rings is 1. The van der Waals surface area contributed by atoms with Crippen LogP contribution < -0.4 is 9.80 Å². The Kier molecular flexibility index (Phi) is 5.56. The average molecular weight is 476 g/mol. The van der Waals surface area contributed by atoms with Crippen LogP contribution in [0.5, 0.6) is 5.75 Å². The fraction of sp³-hybridized carbons (Fsp3) is 0.333. The number of aromatic nitrogens is 2. The number of phenols is 1. The first kappa shape index (κ1) is 22.6. The van der Waals surface area contributed by atoms with E-state index < -0.39 is 32.5 Å². The Morgan fingerprint density at radius 3 is 2.64 bits per heavy atom. The lowest BCUT2D eigenvalue weighted by Gasteiger charge is -2.40. The predicted octanol–water partition coefficient (Wildman–Crippen LogP) is 1.11. The molecule has 174 valence electrons. The molecule has 2 aromatic rings. The molecular formula is C21H22FN5O5S. The molecule has 12 heteroatoms. The zero-order chi connectivity index (χ0) is 24.1. The molecule has 3 heterocycles. The SMILES string of the molecule is C=CC(=O)N1CCN(c2nc(S(C)(=O)=O)nc3c2CN(c2c(O)cccc2F)C3=O)[C@@H](C)C1. The van der Waals surface area contributed by atoms with E-state index in [1.54, 1.807) is 9.80 Å². The van der Waals surface area contributed by atoms with Gasteiger partial charge in [0.2, 0.25) is 20.9 Å². The van der Waals surface area contributed by atoms with Gasteiger partial charge >= 0.3 is 0 Å². The lowest BCUT2D eigenvalue weighted by Crippen LogP contribution is -2.54. The highest BCUT2D eigenvalue weighted by Gasteiger charge is 2.39. The van der Waals surface area contributed by atoms with Crippen molar-refractivity contribution in [2.75, 3.05) is 35.7 Å². The third-order valence-corrected chi connectivity index (χ3v) is 6.53. The van der Waals surface area contributed by atoms with E-state index in [2.05, 4.69) is 16.5 Å². The standard InChI is InChI=1S/C21H22FN5O5S/c1-4-16(29)25-8-9-26(12(2)10-25)19-13-11-27(18-14(22)6-5-7-15(18)28)20(30)17(13)23-21(24-19)33(3,31)32/h4-7,12,28H,1,8-11H2,2-3H3/t12-/m0/s1. The van der Waals surface area contributed by atoms with Crippen molar-refractivity contribution in [2.45, 2.75) is 24.7 Å². The monoisotopic (exact) mass is 475 g/mol. The van der Waals surface area contributed by atoms with Crippen LogP contribution in [-0.2, 0) is 21.2 Å². The average Bonchev–Trinajstić information content (AvgIpc) is 3.08. The summed E-state index contributed by atoms with van der Waals surface area (Å²) < 4.78 is 39.0. The number of nitrogens with zero attached hydrogens (tertiary/aromatic N) is 5. The number of amides is 2. The number of aromatic hydroxyl groups is 1. The second kappa shape index (κ2) is 8.10. The summed E-state index contributed by atoms with van der Waals surface area (Å²) in [5.41, 5.74) is -0.160. The Morgan fingerprint density at radius 1 is 1.30 bits per heavy atom. The third-order valence-electron chi connectivity index (χ3n) is 5.68. The van der Waals surface area contributed by atoms with E-state index in [1.165, 1.54) is 18.2 Å². The Balaban J connectivity index is 1.81. The first-order valence-corrected chi connectivity index (χ1v) is 12.0. The molecule has 10 nitrogen and oxygen atoms in total. The highest BCUT2D eigenvalue weighted by Crippen LogP contribution is 2.39. The summed E-state index contributed by atoms with van der Waals surface area (Å²) in [7, 11) is -3.87. The van der Waals surface area contributed by atoms with Crippen molar-refractivity contribution in [3.05, 3.63) is 47.9 Å². The normalized spacial score (nSPS) is 18.5. The summed E-state index contributed by atoms with van der Waals surface area (Å²) >= 11 is 0. The fourth-order valence-electron chi connectivity index (χ4n) is 4.09. The maximum Gasteiger partial charge on any atom is 0.277 e. The molecule has 1 N–H and O–H groups in total. The Labute approximate surface area is 189 Å². The number of piperazine rings is 1. The fourth-order valence-corrected chi connectivity index (χ4v) is 4.60. The molecule has 4 rings (SSSR count). The summed E-state index contributed by atoms with van der Waals surface area (Å²) in [5.74, 6) is -1.97. The number of sulfone groups is 1. The van der Waals surface area contributed by atoms with Crippen LogP contribution >= 0.6 is 0 Å². The van der Waals surface area contributed by atoms with Crippen LogP contribution in [0.4, 0.5) is 15.9 Å². The molecule has 2 aliphatic rings. The van der Waals surface area contributed by atoms with Gasteiger partial charge in [-0.2, -0.15) is 0 Å². The van der Waals surface area contributed by atoms with E-state index in [4.69, 9.17) is 0 Å². The Morgan fingerprint density at radius 2 is 2.03 bits per heavy atom. The van der Waals surface area contributed by atoms with Gasteiger partial charge in [-0.05, 0) is 25.1 Å². The van der Waals surface area contributed by atoms with Crippen LogP contribution in [0.3, 0.4) is 0 Å². The molecule has 1 atom stereocenters. The minimum Gasteiger partial charge on any atom is -0.506 e. The van der Waals surface area contributed by atoms with Gasteiger partial charge in [0.05, 0.1) is 6.54 Å². The molecule has 2 aliphatic heterocycles. The van der Waals surface area contributed by atoms with Gasteiger partial charge in [0.1, 0.15) is 22.9 Å². The number of para-hydroxylation sites is 1. The summed E-state index contributed by atoms with van der Waals surface area (Å²) in [4.78, 5) is 37.8. The molecule has 1 fully saturated rings. The van der Waals surface area contributed by atoms with Crippen molar-refractivity contribution >= 4 is 33.2 Å². The quantitative estimate of drug-likeness (QED) is 0.515. The topological polar surface area (TPSA) is 124 Å². The summed E-state index contributed by atoms with van der Waals surface area (Å²) in [5, 5.41) is 9.65. The number of hydrogen-bond acceptors (Lipinski definition) is 8. The third kappa shape index (κ3) is 3.90. The van der Waals surface area contributed by atoms with Crippen LogP contribution in [0.15, 0.2) is 36.0 Å². The van der Waals surface area contributed by atoms with E-state index >= 15 is 0 Å². The predicted molar refractivity (Wildman–Crippen MR) is 117 cm³/mol. The smallest absolute Gasteiger partial charge is 0.277 e. The minimum absolute atomic E-state index is 0.152. The minimum atomic E-state index is -3.87. The van der Waals surface area contributed by atoms with Crippen LogP contribution in [0.2, 0.25) is 0 Å². The molecule has 1 aromatic heterocycles. The zero-order valence-electron chi connectivity index (χ0n) is 18.0. The number of phenolic OH excluding ortho intramolecular Hbond substituents is 1. The molecule has 0 saturated carbocycles. The first-order valence-electron chi connectivity index (χ1n) is 10.1. The Hall–Kier alpha value is -3.54. The largest absolute Gasteiger partial charge is 0.506 e. The number of hydrogen-bond donors (Lipinski definition) is 1. The number of carbonyl (C=O) groups is 2. The number of fused-ring (bicyclic) bond motifs is 1. The number of rotatable bonds is 4. The molecular weight excluding hydrogens is 453 g/mol. The molecule has 2 amide bonds. The molecule has 0 unspecified atom stereocenters. The summed E-state index contributed by atoms with van der Waals surface area (Å²) in [6, 6.07) is 3.40. The van der Waals surface area contributed by atoms with Crippen LogP contribution in [0, 0.1) is 5.82 Å². The molecule has 33 heavy (non-hydrogen) atoms. The van der Waals surface area contributed by atoms with Crippen molar-refractivity contribution in [1.82, 2.24) is 14.9 Å². The van der Waals surface area contributed by atoms with Crippen LogP contribution in [-0.4, -0.2) is 72.1 Å². The first-order chi connectivity index (χ1) is 15.5. The van der Waals surface area contributed by atoms with Crippen molar-refractivity contribution < 1.29 is 27.5 Å². The van der Waals surface area contributed by atoms with Gasteiger partial charge in [0.25, 0.3) is 5.91 Å². The highest BCUT2D eigenvalue weighted by atomic mass is 32.2. The van der Waals surface area contributed by atoms with Crippen molar-refractivity contribution in [2.24, 2.45) is 0 Å². The number of anilines is 2. The van der Waals surface area contributed by atoms with E-state index in [0.29, 0.717) is 25.2 Å². The Bertz CT molecular complexity index is 1260. The van der Waals surface area contributed by atoms with Crippen LogP contribution in [0.25, 0.3) is 0 Å². The number of halogens is 1. The van der Waals surface area contributed by atoms with E-state index in [1.807, 2.05) is 6.92 Å². The maximum atomic E-state index is 14.5. The van der Waals surface area contributed by atoms with Crippen molar-refractivity contribution in [1.29, 1.82) is 0 Å². The van der Waals surface area contributed by atoms with Gasteiger partial charge in [-0.15, -0.1) is 0 Å². The van der Waals surface area contributed by atoms with E-state index in [-0.39, 0.29) is 35.7 Å². The van der Waals surface area contributed by atoms with Gasteiger partial charge in [-0.3, -0.25) is 14.5 Å². The van der Waals surface area contributed by atoms with Crippen molar-refractivity contribution in [3.63, 3.8) is 0 Å². The maximum absolute atomic E-state index is 14.5.